The number of likely N-dealkylation sites (tertiary alicyclic amines) is 1. The lowest BCUT2D eigenvalue weighted by atomic mass is 10.0. The molecule has 1 amide bonds. The fraction of sp³-hybridized carbons (Fsp3) is 0.818. The number of ether oxygens (including phenoxy) is 2. The summed E-state index contributed by atoms with van der Waals surface area (Å²) in [6.45, 7) is 13.0. The zero-order chi connectivity index (χ0) is 20.6. The van der Waals surface area contributed by atoms with Crippen molar-refractivity contribution in [3.8, 4) is 0 Å². The normalized spacial score (nSPS) is 15.6. The second kappa shape index (κ2) is 15.6. The smallest absolute Gasteiger partial charge is 0.407 e. The SMILES string of the molecule is [CH2]C([CH2])OC(=O)CCC(CCCCCCCC)OC(=O)NCCN1CCCC1. The van der Waals surface area contributed by atoms with Gasteiger partial charge in [0.1, 0.15) is 12.2 Å². The van der Waals surface area contributed by atoms with E-state index in [0.717, 1.165) is 38.9 Å². The second-order valence-corrected chi connectivity index (χ2v) is 7.71. The summed E-state index contributed by atoms with van der Waals surface area (Å²) in [6.07, 6.45) is 9.74. The zero-order valence-electron chi connectivity index (χ0n) is 17.8. The van der Waals surface area contributed by atoms with E-state index in [0.29, 0.717) is 13.0 Å². The summed E-state index contributed by atoms with van der Waals surface area (Å²) in [5, 5.41) is 2.84. The Labute approximate surface area is 171 Å². The molecule has 0 spiro atoms. The Morgan fingerprint density at radius 1 is 1.00 bits per heavy atom. The molecule has 1 atom stereocenters. The molecular weight excluding hydrogens is 356 g/mol. The number of carbonyl (C=O) groups is 2. The molecule has 0 aromatic rings. The summed E-state index contributed by atoms with van der Waals surface area (Å²) in [7, 11) is 0. The average molecular weight is 397 g/mol. The lowest BCUT2D eigenvalue weighted by molar-refractivity contribution is -0.146. The van der Waals surface area contributed by atoms with Gasteiger partial charge >= 0.3 is 12.1 Å². The van der Waals surface area contributed by atoms with Crippen molar-refractivity contribution in [2.75, 3.05) is 26.2 Å². The van der Waals surface area contributed by atoms with Crippen LogP contribution in [0.3, 0.4) is 0 Å². The summed E-state index contributed by atoms with van der Waals surface area (Å²) in [5.41, 5.74) is 0. The molecule has 0 bridgehead atoms. The Kier molecular flexibility index (Phi) is 13.8. The number of esters is 1. The van der Waals surface area contributed by atoms with Crippen LogP contribution in [0.25, 0.3) is 0 Å². The van der Waals surface area contributed by atoms with Crippen molar-refractivity contribution < 1.29 is 19.1 Å². The molecular formula is C22H40N2O4. The van der Waals surface area contributed by atoms with Crippen LogP contribution in [0, 0.1) is 13.8 Å². The maximum absolute atomic E-state index is 12.1. The van der Waals surface area contributed by atoms with E-state index in [1.54, 1.807) is 0 Å². The fourth-order valence-corrected chi connectivity index (χ4v) is 3.45. The van der Waals surface area contributed by atoms with Gasteiger partial charge in [-0.2, -0.15) is 0 Å². The van der Waals surface area contributed by atoms with Gasteiger partial charge in [0.15, 0.2) is 0 Å². The van der Waals surface area contributed by atoms with Gasteiger partial charge in [-0.15, -0.1) is 0 Å². The summed E-state index contributed by atoms with van der Waals surface area (Å²) < 4.78 is 10.6. The highest BCUT2D eigenvalue weighted by Crippen LogP contribution is 2.15. The number of rotatable bonds is 15. The van der Waals surface area contributed by atoms with Crippen LogP contribution < -0.4 is 5.32 Å². The van der Waals surface area contributed by atoms with Crippen molar-refractivity contribution in [2.24, 2.45) is 0 Å². The van der Waals surface area contributed by atoms with Gasteiger partial charge in [-0.3, -0.25) is 4.79 Å². The third kappa shape index (κ3) is 13.0. The Bertz CT molecular complexity index is 423. The van der Waals surface area contributed by atoms with Gasteiger partial charge in [0.25, 0.3) is 0 Å². The predicted octanol–water partition coefficient (Wildman–Crippen LogP) is 4.29. The first-order chi connectivity index (χ1) is 13.5. The molecule has 0 aromatic carbocycles. The molecule has 1 aliphatic rings. The fourth-order valence-electron chi connectivity index (χ4n) is 3.45. The van der Waals surface area contributed by atoms with E-state index >= 15 is 0 Å². The van der Waals surface area contributed by atoms with Gasteiger partial charge in [0.05, 0.1) is 0 Å². The van der Waals surface area contributed by atoms with Crippen LogP contribution in [-0.4, -0.2) is 55.3 Å². The van der Waals surface area contributed by atoms with Gasteiger partial charge in [0.2, 0.25) is 0 Å². The highest BCUT2D eigenvalue weighted by Gasteiger charge is 2.18. The molecule has 1 heterocycles. The number of unbranched alkanes of at least 4 members (excludes halogenated alkanes) is 5. The molecule has 6 nitrogen and oxygen atoms in total. The van der Waals surface area contributed by atoms with Gasteiger partial charge in [-0.1, -0.05) is 39.0 Å². The minimum Gasteiger partial charge on any atom is -0.462 e. The van der Waals surface area contributed by atoms with E-state index < -0.39 is 12.2 Å². The van der Waals surface area contributed by atoms with E-state index in [9.17, 15) is 9.59 Å². The first-order valence-corrected chi connectivity index (χ1v) is 11.0. The summed E-state index contributed by atoms with van der Waals surface area (Å²) in [5.74, 6) is -0.346. The number of alkyl carbamates (subject to hydrolysis) is 1. The van der Waals surface area contributed by atoms with Crippen LogP contribution in [0.15, 0.2) is 0 Å². The van der Waals surface area contributed by atoms with Gasteiger partial charge in [-0.25, -0.2) is 4.79 Å². The first kappa shape index (κ1) is 24.7. The molecule has 1 N–H and O–H groups in total. The third-order valence-corrected chi connectivity index (χ3v) is 5.02. The van der Waals surface area contributed by atoms with Crippen molar-refractivity contribution >= 4 is 12.1 Å². The molecule has 0 aliphatic carbocycles. The van der Waals surface area contributed by atoms with Crippen molar-refractivity contribution in [1.82, 2.24) is 10.2 Å². The lowest BCUT2D eigenvalue weighted by Gasteiger charge is -2.19. The molecule has 1 aliphatic heterocycles. The molecule has 1 fully saturated rings. The molecule has 0 aromatic heterocycles. The third-order valence-electron chi connectivity index (χ3n) is 5.02. The topological polar surface area (TPSA) is 67.9 Å². The van der Waals surface area contributed by atoms with E-state index in [2.05, 4.69) is 31.0 Å². The summed E-state index contributed by atoms with van der Waals surface area (Å²) in [6, 6.07) is 0. The average Bonchev–Trinajstić information content (AvgIpc) is 3.15. The quantitative estimate of drug-likeness (QED) is 0.330. The summed E-state index contributed by atoms with van der Waals surface area (Å²) in [4.78, 5) is 26.2. The maximum Gasteiger partial charge on any atom is 0.407 e. The predicted molar refractivity (Wildman–Crippen MR) is 112 cm³/mol. The minimum atomic E-state index is -0.612. The Morgan fingerprint density at radius 3 is 2.36 bits per heavy atom. The van der Waals surface area contributed by atoms with Crippen LogP contribution >= 0.6 is 0 Å². The zero-order valence-corrected chi connectivity index (χ0v) is 17.8. The minimum absolute atomic E-state index is 0.211. The monoisotopic (exact) mass is 396 g/mol. The Morgan fingerprint density at radius 2 is 1.68 bits per heavy atom. The second-order valence-electron chi connectivity index (χ2n) is 7.71. The maximum atomic E-state index is 12.1. The first-order valence-electron chi connectivity index (χ1n) is 11.0. The molecule has 0 saturated carbocycles. The number of hydrogen-bond acceptors (Lipinski definition) is 5. The van der Waals surface area contributed by atoms with E-state index in [4.69, 9.17) is 9.47 Å². The van der Waals surface area contributed by atoms with Crippen LogP contribution in [0.5, 0.6) is 0 Å². The molecule has 6 heteroatoms. The number of nitrogens with one attached hydrogen (secondary N) is 1. The largest absolute Gasteiger partial charge is 0.462 e. The number of nitrogens with zero attached hydrogens (tertiary/aromatic N) is 1. The summed E-state index contributed by atoms with van der Waals surface area (Å²) >= 11 is 0. The van der Waals surface area contributed by atoms with Gasteiger partial charge < -0.3 is 19.7 Å². The standard InChI is InChI=1S/C22H40N2O4/c1-4-5-6-7-8-9-12-20(13-14-21(25)27-19(2)3)28-22(26)23-15-18-24-16-10-11-17-24/h19-20H,2-18H2,1H3,(H,23,26). The highest BCUT2D eigenvalue weighted by molar-refractivity contribution is 5.70. The van der Waals surface area contributed by atoms with Gasteiger partial charge in [0, 0.05) is 19.5 Å². The van der Waals surface area contributed by atoms with Crippen molar-refractivity contribution in [2.45, 2.75) is 89.8 Å². The van der Waals surface area contributed by atoms with Crippen molar-refractivity contribution in [3.05, 3.63) is 13.8 Å². The number of carbonyl (C=O) groups excluding carboxylic acids is 2. The Balaban J connectivity index is 2.30. The van der Waals surface area contributed by atoms with E-state index in [-0.39, 0.29) is 18.5 Å². The van der Waals surface area contributed by atoms with E-state index in [1.807, 2.05) is 0 Å². The van der Waals surface area contributed by atoms with E-state index in [1.165, 1.54) is 38.5 Å². The number of hydrogen-bond donors (Lipinski definition) is 1. The molecule has 28 heavy (non-hydrogen) atoms. The van der Waals surface area contributed by atoms with Crippen molar-refractivity contribution in [1.29, 1.82) is 0 Å². The molecule has 1 saturated heterocycles. The molecule has 2 radical (unpaired) electrons. The molecule has 162 valence electrons. The lowest BCUT2D eigenvalue weighted by Crippen LogP contribution is -2.35. The van der Waals surface area contributed by atoms with Crippen LogP contribution in [0.1, 0.15) is 77.6 Å². The van der Waals surface area contributed by atoms with Crippen LogP contribution in [-0.2, 0) is 14.3 Å². The van der Waals surface area contributed by atoms with Gasteiger partial charge in [-0.05, 0) is 59.0 Å². The Hall–Kier alpha value is -1.30. The highest BCUT2D eigenvalue weighted by atomic mass is 16.6. The number of amides is 1. The van der Waals surface area contributed by atoms with Crippen LogP contribution in [0.2, 0.25) is 0 Å². The van der Waals surface area contributed by atoms with Crippen LogP contribution in [0.4, 0.5) is 4.79 Å². The molecule has 1 unspecified atom stereocenters. The van der Waals surface area contributed by atoms with Crippen molar-refractivity contribution in [3.63, 3.8) is 0 Å². The molecule has 1 rings (SSSR count).